The largest absolute Gasteiger partial charge is 0.323 e. The lowest BCUT2D eigenvalue weighted by atomic mass is 10.8. The molecule has 54 valence electrons. The molecule has 0 aliphatic carbocycles. The normalized spacial score (nSPS) is 12.8. The van der Waals surface area contributed by atoms with E-state index in [0.29, 0.717) is 4.87 Å². The number of hydrogen-bond donors (Lipinski definition) is 1. The van der Waals surface area contributed by atoms with E-state index in [-0.39, 0.29) is 5.88 Å². The van der Waals surface area contributed by atoms with E-state index in [1.807, 2.05) is 5.59 Å². The van der Waals surface area contributed by atoms with Crippen molar-refractivity contribution < 1.29 is 9.71 Å². The average Bonchev–Trinajstić information content (AvgIpc) is 1.87. The van der Waals surface area contributed by atoms with Gasteiger partial charge in [0.2, 0.25) is 0 Å². The van der Waals surface area contributed by atoms with Gasteiger partial charge in [-0.15, -0.1) is 11.6 Å². The maximum absolute atomic E-state index is 10.4. The average molecular weight is 174 g/mol. The van der Waals surface area contributed by atoms with Gasteiger partial charge in [0.25, 0.3) is 0 Å². The third kappa shape index (κ3) is 3.51. The fourth-order valence-corrected chi connectivity index (χ4v) is 0.375. The van der Waals surface area contributed by atoms with E-state index in [9.17, 15) is 4.91 Å². The van der Waals surface area contributed by atoms with E-state index in [1.165, 1.54) is 7.11 Å². The Kier molecular flexibility index (Phi) is 4.75. The second-order valence-corrected chi connectivity index (χ2v) is 2.02. The summed E-state index contributed by atoms with van der Waals surface area (Å²) in [5.41, 5.74) is 1.16. The first-order chi connectivity index (χ1) is 4.22. The lowest BCUT2D eigenvalue weighted by Crippen LogP contribution is -2.32. The number of nitrogens with one attached hydrogen (secondary N) is 1. The van der Waals surface area contributed by atoms with Crippen molar-refractivity contribution in [1.82, 2.24) is 5.59 Å². The van der Waals surface area contributed by atoms with Gasteiger partial charge in [-0.25, -0.2) is 4.84 Å². The fraction of sp³-hybridized carbons (Fsp3) is 1.00. The molecule has 0 aliphatic heterocycles. The fourth-order valence-electron chi connectivity index (χ4n) is 0.210. The van der Waals surface area contributed by atoms with Crippen LogP contribution in [0.25, 0.3) is 0 Å². The van der Waals surface area contributed by atoms with Crippen molar-refractivity contribution >= 4 is 23.2 Å². The number of rotatable bonds is 4. The van der Waals surface area contributed by atoms with Gasteiger partial charge in [0, 0.05) is 0 Å². The molecule has 0 saturated heterocycles. The molecular formula is C3H7Cl2N2O2+. The van der Waals surface area contributed by atoms with Crippen molar-refractivity contribution in [2.24, 2.45) is 0 Å². The molecule has 0 aromatic heterocycles. The van der Waals surface area contributed by atoms with Gasteiger partial charge in [-0.2, -0.15) is 0 Å². The molecule has 1 atom stereocenters. The van der Waals surface area contributed by atoms with Crippen LogP contribution < -0.4 is 5.59 Å². The van der Waals surface area contributed by atoms with Crippen LogP contribution in [0.5, 0.6) is 0 Å². The highest BCUT2D eigenvalue weighted by Crippen LogP contribution is 1.96. The maximum Gasteiger partial charge on any atom is 0.323 e. The van der Waals surface area contributed by atoms with Crippen LogP contribution in [0.15, 0.2) is 0 Å². The number of halogens is 2. The quantitative estimate of drug-likeness (QED) is 0.294. The van der Waals surface area contributed by atoms with E-state index in [1.54, 1.807) is 0 Å². The van der Waals surface area contributed by atoms with E-state index in [2.05, 4.69) is 4.84 Å². The zero-order valence-electron chi connectivity index (χ0n) is 4.80. The Labute approximate surface area is 62.6 Å². The Morgan fingerprint density at radius 1 is 1.89 bits per heavy atom. The maximum atomic E-state index is 10.4. The minimum atomic E-state index is -0.799. The highest BCUT2D eigenvalue weighted by molar-refractivity contribution is 6.27. The van der Waals surface area contributed by atoms with Crippen LogP contribution in [-0.2, 0) is 4.84 Å². The van der Waals surface area contributed by atoms with Gasteiger partial charge < -0.3 is 0 Å². The first kappa shape index (κ1) is 8.94. The van der Waals surface area contributed by atoms with Crippen LogP contribution in [0.4, 0.5) is 0 Å². The topological polar surface area (TPSA) is 41.3 Å². The highest BCUT2D eigenvalue weighted by Gasteiger charge is 2.20. The molecule has 0 amide bonds. The third-order valence-electron chi connectivity index (χ3n) is 0.563. The molecule has 0 spiro atoms. The van der Waals surface area contributed by atoms with Crippen molar-refractivity contribution in [3.05, 3.63) is 4.91 Å². The molecule has 1 N–H and O–H groups in total. The molecular weight excluding hydrogens is 167 g/mol. The summed E-state index contributed by atoms with van der Waals surface area (Å²) in [6.45, 7) is 0. The van der Waals surface area contributed by atoms with Crippen LogP contribution in [0, 0.1) is 4.91 Å². The zero-order chi connectivity index (χ0) is 7.28. The molecule has 0 aliphatic rings. The van der Waals surface area contributed by atoms with Crippen LogP contribution in [0.1, 0.15) is 0 Å². The van der Waals surface area contributed by atoms with Crippen molar-refractivity contribution in [1.29, 1.82) is 0 Å². The summed E-state index contributed by atoms with van der Waals surface area (Å²) in [6.07, 6.45) is 0. The smallest absolute Gasteiger partial charge is 0.228 e. The first-order valence-electron chi connectivity index (χ1n) is 2.17. The van der Waals surface area contributed by atoms with Gasteiger partial charge >= 0.3 is 5.50 Å². The lowest BCUT2D eigenvalue weighted by Gasteiger charge is -1.94. The van der Waals surface area contributed by atoms with Gasteiger partial charge in [-0.3, -0.25) is 0 Å². The van der Waals surface area contributed by atoms with Crippen LogP contribution in [0.2, 0.25) is 0 Å². The first-order valence-corrected chi connectivity index (χ1v) is 3.14. The SMILES string of the molecule is CON[N+](=O)[C@H](Cl)CCl. The minimum Gasteiger partial charge on any atom is -0.228 e. The molecule has 0 radical (unpaired) electrons. The Balaban J connectivity index is 3.46. The summed E-state index contributed by atoms with van der Waals surface area (Å²) in [6, 6.07) is 0. The zero-order valence-corrected chi connectivity index (χ0v) is 6.32. The molecule has 0 fully saturated rings. The summed E-state index contributed by atoms with van der Waals surface area (Å²) in [5.74, 6) is 0.0431. The van der Waals surface area contributed by atoms with Crippen molar-refractivity contribution in [3.8, 4) is 0 Å². The Morgan fingerprint density at radius 3 is 2.78 bits per heavy atom. The van der Waals surface area contributed by atoms with Crippen LogP contribution in [-0.4, -0.2) is 23.4 Å². The van der Waals surface area contributed by atoms with Crippen LogP contribution >= 0.6 is 23.2 Å². The van der Waals surface area contributed by atoms with Gasteiger partial charge in [-0.05, 0) is 17.2 Å². The number of hydrazine groups is 1. The van der Waals surface area contributed by atoms with Crippen molar-refractivity contribution in [2.45, 2.75) is 5.50 Å². The molecule has 4 nitrogen and oxygen atoms in total. The Morgan fingerprint density at radius 2 is 2.44 bits per heavy atom. The van der Waals surface area contributed by atoms with Gasteiger partial charge in [0.05, 0.1) is 12.0 Å². The predicted octanol–water partition coefficient (Wildman–Crippen LogP) is 0.635. The molecule has 0 rings (SSSR count). The van der Waals surface area contributed by atoms with Gasteiger partial charge in [-0.1, -0.05) is 0 Å². The second kappa shape index (κ2) is 4.78. The van der Waals surface area contributed by atoms with E-state index in [0.717, 1.165) is 0 Å². The standard InChI is InChI=1S/C3H7Cl2N2O2/c1-9-6-7(8)3(5)2-4/h3H,2H2,1H3,(H,6,8)/q+1/t3-/m0/s1. The summed E-state index contributed by atoms with van der Waals surface area (Å²) >= 11 is 10.5. The molecule has 0 aromatic carbocycles. The van der Waals surface area contributed by atoms with Crippen molar-refractivity contribution in [2.75, 3.05) is 13.0 Å². The molecule has 6 heteroatoms. The summed E-state index contributed by atoms with van der Waals surface area (Å²) in [4.78, 5) is 15.0. The summed E-state index contributed by atoms with van der Waals surface area (Å²) < 4.78 is 0. The lowest BCUT2D eigenvalue weighted by molar-refractivity contribution is -0.667. The molecule has 0 bridgehead atoms. The van der Waals surface area contributed by atoms with E-state index >= 15 is 0 Å². The third-order valence-corrected chi connectivity index (χ3v) is 1.34. The number of nitroso groups, excluding NO2 is 1. The van der Waals surface area contributed by atoms with Gasteiger partial charge in [0.1, 0.15) is 5.88 Å². The van der Waals surface area contributed by atoms with E-state index in [4.69, 9.17) is 23.2 Å². The Hall–Kier alpha value is -0.0600. The van der Waals surface area contributed by atoms with E-state index < -0.39 is 5.50 Å². The molecule has 0 saturated carbocycles. The summed E-state index contributed by atoms with van der Waals surface area (Å²) in [5, 5.41) is 0. The van der Waals surface area contributed by atoms with Crippen molar-refractivity contribution in [3.63, 3.8) is 0 Å². The highest BCUT2D eigenvalue weighted by atomic mass is 35.5. The predicted molar refractivity (Wildman–Crippen MR) is 34.1 cm³/mol. The summed E-state index contributed by atoms with van der Waals surface area (Å²) in [7, 11) is 1.31. The molecule has 9 heavy (non-hydrogen) atoms. The van der Waals surface area contributed by atoms with Crippen LogP contribution in [0.3, 0.4) is 0 Å². The number of nitrogens with zero attached hydrogens (tertiary/aromatic N) is 1. The minimum absolute atomic E-state index is 0.0431. The Bertz CT molecular complexity index is 99.8. The number of alkyl halides is 2. The molecule has 0 unspecified atom stereocenters. The molecule has 0 aromatic rings. The monoisotopic (exact) mass is 173 g/mol. The number of hydrogen-bond acceptors (Lipinski definition) is 2. The second-order valence-electron chi connectivity index (χ2n) is 1.21. The van der Waals surface area contributed by atoms with Gasteiger partial charge in [0.15, 0.2) is 4.87 Å². The molecule has 0 heterocycles.